The lowest BCUT2D eigenvalue weighted by Gasteiger charge is -2.31. The first-order valence-corrected chi connectivity index (χ1v) is 11.5. The summed E-state index contributed by atoms with van der Waals surface area (Å²) in [5, 5.41) is 14.1. The van der Waals surface area contributed by atoms with Gasteiger partial charge in [-0.25, -0.2) is 9.78 Å². The van der Waals surface area contributed by atoms with Crippen LogP contribution in [0.25, 0.3) is 10.9 Å². The lowest BCUT2D eigenvalue weighted by molar-refractivity contribution is -0.144. The average molecular weight is 433 g/mol. The number of carbonyl (C=O) groups excluding carboxylic acids is 1. The van der Waals surface area contributed by atoms with Crippen molar-refractivity contribution in [1.82, 2.24) is 10.3 Å². The van der Waals surface area contributed by atoms with Gasteiger partial charge in [-0.15, -0.1) is 0 Å². The van der Waals surface area contributed by atoms with Crippen molar-refractivity contribution < 1.29 is 14.7 Å². The fourth-order valence-corrected chi connectivity index (χ4v) is 4.06. The Hall–Kier alpha value is -3.21. The van der Waals surface area contributed by atoms with Crippen LogP contribution < -0.4 is 5.32 Å². The number of carboxylic acids is 1. The van der Waals surface area contributed by atoms with Crippen LogP contribution in [0.3, 0.4) is 0 Å². The van der Waals surface area contributed by atoms with Gasteiger partial charge in [-0.1, -0.05) is 100 Å². The largest absolute Gasteiger partial charge is 0.479 e. The van der Waals surface area contributed by atoms with E-state index in [-0.39, 0.29) is 12.1 Å². The van der Waals surface area contributed by atoms with Crippen molar-refractivity contribution in [2.24, 2.45) is 0 Å². The molecule has 0 saturated carbocycles. The van der Waals surface area contributed by atoms with Crippen molar-refractivity contribution in [1.29, 1.82) is 0 Å². The molecule has 0 spiro atoms. The van der Waals surface area contributed by atoms with Gasteiger partial charge < -0.3 is 10.4 Å². The standard InChI is InChI=1S/C27H32N2O3/c1-2-3-4-5-6-12-19-27(26(31)32,20-21-13-8-7-9-14-21)29-25(30)24-18-17-22-15-10-11-16-23(22)28-24/h7-11,13-18H,2-6,12,19-20H2,1H3,(H,29,30)(H,31,32). The molecular weight excluding hydrogens is 400 g/mol. The molecule has 0 saturated heterocycles. The highest BCUT2D eigenvalue weighted by atomic mass is 16.4. The van der Waals surface area contributed by atoms with Gasteiger partial charge in [0.15, 0.2) is 0 Å². The first-order chi connectivity index (χ1) is 15.5. The summed E-state index contributed by atoms with van der Waals surface area (Å²) in [7, 11) is 0. The van der Waals surface area contributed by atoms with Crippen LogP contribution in [0.2, 0.25) is 0 Å². The molecule has 3 aromatic rings. The van der Waals surface area contributed by atoms with E-state index in [1.54, 1.807) is 6.07 Å². The van der Waals surface area contributed by atoms with Gasteiger partial charge in [0.25, 0.3) is 5.91 Å². The third kappa shape index (κ3) is 6.16. The quantitative estimate of drug-likeness (QED) is 0.356. The van der Waals surface area contributed by atoms with Crippen LogP contribution in [0.5, 0.6) is 0 Å². The minimum absolute atomic E-state index is 0.227. The molecule has 1 heterocycles. The molecule has 1 unspecified atom stereocenters. The number of para-hydroxylation sites is 1. The van der Waals surface area contributed by atoms with Crippen LogP contribution in [-0.2, 0) is 11.2 Å². The molecule has 5 nitrogen and oxygen atoms in total. The van der Waals surface area contributed by atoms with Gasteiger partial charge in [0.2, 0.25) is 0 Å². The van der Waals surface area contributed by atoms with E-state index in [4.69, 9.17) is 0 Å². The van der Waals surface area contributed by atoms with Crippen LogP contribution in [0.4, 0.5) is 0 Å². The zero-order valence-electron chi connectivity index (χ0n) is 18.7. The van der Waals surface area contributed by atoms with Gasteiger partial charge in [0, 0.05) is 11.8 Å². The van der Waals surface area contributed by atoms with Gasteiger partial charge in [0.05, 0.1) is 5.52 Å². The van der Waals surface area contributed by atoms with Crippen molar-refractivity contribution in [3.05, 3.63) is 78.0 Å². The number of benzene rings is 2. The highest BCUT2D eigenvalue weighted by Crippen LogP contribution is 2.23. The second-order valence-electron chi connectivity index (χ2n) is 8.41. The molecule has 0 aliphatic heterocycles. The fourth-order valence-electron chi connectivity index (χ4n) is 4.06. The summed E-state index contributed by atoms with van der Waals surface area (Å²) in [5.74, 6) is -1.47. The van der Waals surface area contributed by atoms with Gasteiger partial charge in [0.1, 0.15) is 11.2 Å². The Kier molecular flexibility index (Phi) is 8.37. The van der Waals surface area contributed by atoms with E-state index >= 15 is 0 Å². The summed E-state index contributed by atoms with van der Waals surface area (Å²) in [6.07, 6.45) is 6.90. The zero-order valence-corrected chi connectivity index (χ0v) is 18.7. The predicted octanol–water partition coefficient (Wildman–Crippen LogP) is 5.78. The number of unbranched alkanes of at least 4 members (excludes halogenated alkanes) is 5. The molecule has 2 aromatic carbocycles. The van der Waals surface area contributed by atoms with E-state index in [1.807, 2.05) is 60.7 Å². The number of carboxylic acid groups (broad SMARTS) is 1. The SMILES string of the molecule is CCCCCCCCC(Cc1ccccc1)(NC(=O)c1ccc2ccccc2n1)C(=O)O. The zero-order chi connectivity index (χ0) is 22.8. The molecule has 32 heavy (non-hydrogen) atoms. The topological polar surface area (TPSA) is 79.3 Å². The number of fused-ring (bicyclic) bond motifs is 1. The number of aliphatic carboxylic acids is 1. The van der Waals surface area contributed by atoms with Gasteiger partial charge in [-0.05, 0) is 24.1 Å². The molecule has 3 rings (SSSR count). The fraction of sp³-hybridized carbons (Fsp3) is 0.370. The van der Waals surface area contributed by atoms with Crippen LogP contribution in [0.1, 0.15) is 67.9 Å². The highest BCUT2D eigenvalue weighted by molar-refractivity contribution is 5.98. The van der Waals surface area contributed by atoms with Crippen molar-refractivity contribution in [2.75, 3.05) is 0 Å². The minimum atomic E-state index is -1.38. The number of amides is 1. The molecule has 0 bridgehead atoms. The number of nitrogens with zero attached hydrogens (tertiary/aromatic N) is 1. The molecule has 0 aliphatic rings. The number of rotatable bonds is 12. The molecular formula is C27H32N2O3. The van der Waals surface area contributed by atoms with E-state index in [0.29, 0.717) is 11.9 Å². The van der Waals surface area contributed by atoms with Gasteiger partial charge in [-0.2, -0.15) is 0 Å². The molecule has 1 atom stereocenters. The highest BCUT2D eigenvalue weighted by Gasteiger charge is 2.40. The van der Waals surface area contributed by atoms with E-state index in [9.17, 15) is 14.7 Å². The van der Waals surface area contributed by atoms with Gasteiger partial charge >= 0.3 is 5.97 Å². The predicted molar refractivity (Wildman–Crippen MR) is 128 cm³/mol. The third-order valence-electron chi connectivity index (χ3n) is 5.90. The Balaban J connectivity index is 1.81. The molecule has 0 fully saturated rings. The Labute approximate surface area is 189 Å². The summed E-state index contributed by atoms with van der Waals surface area (Å²) >= 11 is 0. The Morgan fingerprint density at radius 3 is 2.31 bits per heavy atom. The van der Waals surface area contributed by atoms with Crippen molar-refractivity contribution in [3.63, 3.8) is 0 Å². The maximum atomic E-state index is 13.1. The summed E-state index contributed by atoms with van der Waals surface area (Å²) in [4.78, 5) is 30.1. The molecule has 0 aliphatic carbocycles. The second-order valence-corrected chi connectivity index (χ2v) is 8.41. The number of pyridine rings is 1. The summed E-state index contributed by atoms with van der Waals surface area (Å²) in [6, 6.07) is 20.5. The van der Waals surface area contributed by atoms with Crippen LogP contribution in [-0.4, -0.2) is 27.5 Å². The smallest absolute Gasteiger partial charge is 0.329 e. The van der Waals surface area contributed by atoms with E-state index in [2.05, 4.69) is 17.2 Å². The Bertz CT molecular complexity index is 1040. The third-order valence-corrected chi connectivity index (χ3v) is 5.90. The number of hydrogen-bond donors (Lipinski definition) is 2. The van der Waals surface area contributed by atoms with Gasteiger partial charge in [-0.3, -0.25) is 4.79 Å². The maximum absolute atomic E-state index is 13.1. The van der Waals surface area contributed by atoms with Crippen molar-refractivity contribution >= 4 is 22.8 Å². The van der Waals surface area contributed by atoms with Crippen LogP contribution >= 0.6 is 0 Å². The van der Waals surface area contributed by atoms with E-state index < -0.39 is 17.4 Å². The first kappa shape index (κ1) is 23.5. The summed E-state index contributed by atoms with van der Waals surface area (Å²) in [5.41, 5.74) is 0.439. The molecule has 1 amide bonds. The van der Waals surface area contributed by atoms with E-state index in [1.165, 1.54) is 12.8 Å². The molecule has 168 valence electrons. The van der Waals surface area contributed by atoms with Crippen LogP contribution in [0.15, 0.2) is 66.7 Å². The number of aromatic nitrogens is 1. The average Bonchev–Trinajstić information content (AvgIpc) is 2.81. The Morgan fingerprint density at radius 2 is 1.56 bits per heavy atom. The van der Waals surface area contributed by atoms with E-state index in [0.717, 1.165) is 36.6 Å². The monoisotopic (exact) mass is 432 g/mol. The number of hydrogen-bond acceptors (Lipinski definition) is 3. The molecule has 0 radical (unpaired) electrons. The minimum Gasteiger partial charge on any atom is -0.479 e. The number of nitrogens with one attached hydrogen (secondary N) is 1. The molecule has 2 N–H and O–H groups in total. The molecule has 5 heteroatoms. The normalized spacial score (nSPS) is 12.9. The number of carbonyl (C=O) groups is 2. The first-order valence-electron chi connectivity index (χ1n) is 11.5. The van der Waals surface area contributed by atoms with Crippen LogP contribution in [0, 0.1) is 0 Å². The lowest BCUT2D eigenvalue weighted by atomic mass is 9.85. The van der Waals surface area contributed by atoms with Crippen molar-refractivity contribution in [2.45, 2.75) is 63.8 Å². The Morgan fingerprint density at radius 1 is 0.875 bits per heavy atom. The summed E-state index contributed by atoms with van der Waals surface area (Å²) < 4.78 is 0. The second kappa shape index (κ2) is 11.4. The lowest BCUT2D eigenvalue weighted by Crippen LogP contribution is -2.56. The maximum Gasteiger partial charge on any atom is 0.329 e. The molecule has 1 aromatic heterocycles. The summed E-state index contributed by atoms with van der Waals surface area (Å²) in [6.45, 7) is 2.17. The van der Waals surface area contributed by atoms with Crippen molar-refractivity contribution in [3.8, 4) is 0 Å².